The number of aromatic nitrogens is 3. The van der Waals surface area contributed by atoms with Crippen LogP contribution in [0.2, 0.25) is 0 Å². The molecule has 0 aromatic carbocycles. The van der Waals surface area contributed by atoms with Crippen molar-refractivity contribution in [2.24, 2.45) is 12.8 Å². The molecule has 5 N–H and O–H groups in total. The van der Waals surface area contributed by atoms with Gasteiger partial charge in [-0.05, 0) is 57.5 Å². The van der Waals surface area contributed by atoms with Gasteiger partial charge in [0, 0.05) is 35.9 Å². The summed E-state index contributed by atoms with van der Waals surface area (Å²) in [4.78, 5) is 33.3. The normalized spacial score (nSPS) is 11.9. The van der Waals surface area contributed by atoms with Crippen molar-refractivity contribution < 1.29 is 9.59 Å². The zero-order valence-electron chi connectivity index (χ0n) is 18.8. The minimum absolute atomic E-state index is 0.0120. The molecule has 32 heavy (non-hydrogen) atoms. The van der Waals surface area contributed by atoms with Crippen LogP contribution in [0.15, 0.2) is 47.9 Å². The zero-order valence-corrected chi connectivity index (χ0v) is 18.8. The lowest BCUT2D eigenvalue weighted by molar-refractivity contribution is -0.110. The van der Waals surface area contributed by atoms with Crippen LogP contribution in [-0.4, -0.2) is 38.1 Å². The molecule has 0 fully saturated rings. The molecule has 9 nitrogen and oxygen atoms in total. The van der Waals surface area contributed by atoms with Crippen molar-refractivity contribution in [1.29, 1.82) is 5.41 Å². The molecule has 0 unspecified atom stereocenters. The number of hydrogen-bond acceptors (Lipinski definition) is 6. The average molecular weight is 434 g/mol. The van der Waals surface area contributed by atoms with Gasteiger partial charge in [0.2, 0.25) is 0 Å². The molecule has 3 heterocycles. The highest BCUT2D eigenvalue weighted by Crippen LogP contribution is 2.28. The summed E-state index contributed by atoms with van der Waals surface area (Å²) in [5, 5.41) is 14.3. The molecule has 0 aliphatic carbocycles. The number of pyridine rings is 2. The highest BCUT2D eigenvalue weighted by atomic mass is 16.2. The second-order valence-corrected chi connectivity index (χ2v) is 7.92. The molecule has 0 spiro atoms. The van der Waals surface area contributed by atoms with Crippen molar-refractivity contribution in [3.8, 4) is 11.3 Å². The van der Waals surface area contributed by atoms with Gasteiger partial charge in [-0.3, -0.25) is 20.0 Å². The highest BCUT2D eigenvalue weighted by molar-refractivity contribution is 6.47. The van der Waals surface area contributed by atoms with Crippen molar-refractivity contribution in [3.05, 3.63) is 53.6 Å². The Hall–Kier alpha value is -4.01. The van der Waals surface area contributed by atoms with E-state index >= 15 is 0 Å². The lowest BCUT2D eigenvalue weighted by atomic mass is 10.1. The van der Waals surface area contributed by atoms with E-state index in [-0.39, 0.29) is 17.7 Å². The van der Waals surface area contributed by atoms with E-state index in [0.29, 0.717) is 28.3 Å². The highest BCUT2D eigenvalue weighted by Gasteiger charge is 2.16. The second-order valence-electron chi connectivity index (χ2n) is 7.92. The Labute approximate surface area is 186 Å². The Morgan fingerprint density at radius 1 is 1.16 bits per heavy atom. The summed E-state index contributed by atoms with van der Waals surface area (Å²) in [5.74, 6) is -0.789. The number of carbonyl (C=O) groups excluding carboxylic acids is 2. The van der Waals surface area contributed by atoms with Crippen LogP contribution in [0, 0.1) is 5.41 Å². The van der Waals surface area contributed by atoms with Gasteiger partial charge in [-0.25, -0.2) is 4.98 Å². The van der Waals surface area contributed by atoms with Gasteiger partial charge in [0.05, 0.1) is 17.6 Å². The van der Waals surface area contributed by atoms with E-state index in [9.17, 15) is 9.59 Å². The maximum atomic E-state index is 12.4. The summed E-state index contributed by atoms with van der Waals surface area (Å²) in [6.45, 7) is 7.06. The molecule has 0 saturated heterocycles. The molecule has 0 saturated carbocycles. The van der Waals surface area contributed by atoms with Gasteiger partial charge in [0.15, 0.2) is 0 Å². The van der Waals surface area contributed by atoms with Gasteiger partial charge in [-0.15, -0.1) is 0 Å². The molecule has 3 aromatic rings. The predicted octanol–water partition coefficient (Wildman–Crippen LogP) is 2.98. The van der Waals surface area contributed by atoms with Crippen molar-refractivity contribution in [1.82, 2.24) is 19.9 Å². The van der Waals surface area contributed by atoms with Crippen LogP contribution in [0.4, 0.5) is 5.69 Å². The van der Waals surface area contributed by atoms with Crippen LogP contribution in [0.3, 0.4) is 0 Å². The molecule has 2 amide bonds. The lowest BCUT2D eigenvalue weighted by Gasteiger charge is -2.09. The van der Waals surface area contributed by atoms with E-state index in [0.717, 1.165) is 16.6 Å². The van der Waals surface area contributed by atoms with E-state index in [4.69, 9.17) is 11.1 Å². The summed E-state index contributed by atoms with van der Waals surface area (Å²) in [7, 11) is 1.88. The zero-order chi connectivity index (χ0) is 23.6. The van der Waals surface area contributed by atoms with E-state index in [1.165, 1.54) is 0 Å². The Morgan fingerprint density at radius 3 is 2.53 bits per heavy atom. The van der Waals surface area contributed by atoms with Gasteiger partial charge < -0.3 is 20.9 Å². The minimum atomic E-state index is -0.556. The van der Waals surface area contributed by atoms with Gasteiger partial charge in [-0.2, -0.15) is 0 Å². The first-order chi connectivity index (χ1) is 15.1. The molecule has 0 atom stereocenters. The number of fused-ring (bicyclic) bond motifs is 1. The third-order valence-corrected chi connectivity index (χ3v) is 5.03. The quantitative estimate of drug-likeness (QED) is 0.443. The van der Waals surface area contributed by atoms with Crippen molar-refractivity contribution in [2.45, 2.75) is 33.7 Å². The van der Waals surface area contributed by atoms with E-state index in [1.54, 1.807) is 38.4 Å². The first kappa shape index (κ1) is 22.7. The van der Waals surface area contributed by atoms with Crippen molar-refractivity contribution in [3.63, 3.8) is 0 Å². The SMILES string of the molecule is C/C(N)=C(\C)C(=N)C(=O)Nc1cnc2c(c1)cc(-c1ccnc(C(=O)NC(C)C)c1)n2C. The monoisotopic (exact) mass is 433 g/mol. The molecule has 0 bridgehead atoms. The fourth-order valence-electron chi connectivity index (χ4n) is 3.18. The average Bonchev–Trinajstić information content (AvgIpc) is 3.08. The summed E-state index contributed by atoms with van der Waals surface area (Å²) < 4.78 is 1.91. The first-order valence-electron chi connectivity index (χ1n) is 10.1. The topological polar surface area (TPSA) is 139 Å². The molecule has 0 radical (unpaired) electrons. The molecule has 3 aromatic heterocycles. The van der Waals surface area contributed by atoms with Gasteiger partial charge in [-0.1, -0.05) is 0 Å². The van der Waals surface area contributed by atoms with E-state index < -0.39 is 5.91 Å². The summed E-state index contributed by atoms with van der Waals surface area (Å²) in [5.41, 5.74) is 9.53. The summed E-state index contributed by atoms with van der Waals surface area (Å²) >= 11 is 0. The molecule has 0 aliphatic heterocycles. The van der Waals surface area contributed by atoms with Crippen LogP contribution >= 0.6 is 0 Å². The van der Waals surface area contributed by atoms with Crippen molar-refractivity contribution in [2.75, 3.05) is 5.32 Å². The van der Waals surface area contributed by atoms with E-state index in [1.807, 2.05) is 37.6 Å². The van der Waals surface area contributed by atoms with Crippen LogP contribution in [0.1, 0.15) is 38.2 Å². The molecule has 3 rings (SSSR count). The number of aryl methyl sites for hydroxylation is 1. The Morgan fingerprint density at radius 2 is 1.88 bits per heavy atom. The van der Waals surface area contributed by atoms with Crippen LogP contribution in [0.25, 0.3) is 22.3 Å². The number of rotatable bonds is 6. The standard InChI is InChI=1S/C23H27N7O2/c1-12(2)28-22(31)18-9-15(6-7-26-18)19-10-16-8-17(11-27-21(16)30(19)5)29-23(32)20(25)13(3)14(4)24/h6-12,25H,24H2,1-5H3,(H,28,31)(H,29,32)/b14-13-,25-20?. The fourth-order valence-corrected chi connectivity index (χ4v) is 3.18. The van der Waals surface area contributed by atoms with Crippen LogP contribution in [0.5, 0.6) is 0 Å². The minimum Gasteiger partial charge on any atom is -0.402 e. The Balaban J connectivity index is 1.92. The Bertz CT molecular complexity index is 1250. The maximum absolute atomic E-state index is 12.4. The third kappa shape index (κ3) is 4.66. The first-order valence-corrected chi connectivity index (χ1v) is 10.1. The predicted molar refractivity (Wildman–Crippen MR) is 125 cm³/mol. The number of allylic oxidation sites excluding steroid dienone is 1. The second kappa shape index (κ2) is 9.01. The Kier molecular flexibility index (Phi) is 6.38. The third-order valence-electron chi connectivity index (χ3n) is 5.03. The smallest absolute Gasteiger partial charge is 0.273 e. The summed E-state index contributed by atoms with van der Waals surface area (Å²) in [6.07, 6.45) is 3.14. The van der Waals surface area contributed by atoms with Gasteiger partial charge in [0.25, 0.3) is 11.8 Å². The summed E-state index contributed by atoms with van der Waals surface area (Å²) in [6, 6.07) is 7.30. The van der Waals surface area contributed by atoms with Gasteiger partial charge in [0.1, 0.15) is 17.1 Å². The molecule has 9 heteroatoms. The number of nitrogens with one attached hydrogen (secondary N) is 3. The van der Waals surface area contributed by atoms with E-state index in [2.05, 4.69) is 20.6 Å². The van der Waals surface area contributed by atoms with Crippen LogP contribution in [-0.2, 0) is 11.8 Å². The number of amides is 2. The van der Waals surface area contributed by atoms with Crippen LogP contribution < -0.4 is 16.4 Å². The molecular formula is C23H27N7O2. The number of carbonyl (C=O) groups is 2. The van der Waals surface area contributed by atoms with Gasteiger partial charge >= 0.3 is 0 Å². The number of hydrogen-bond donors (Lipinski definition) is 4. The lowest BCUT2D eigenvalue weighted by Crippen LogP contribution is -2.30. The number of anilines is 1. The largest absolute Gasteiger partial charge is 0.402 e. The molecular weight excluding hydrogens is 406 g/mol. The molecule has 0 aliphatic rings. The number of nitrogens with zero attached hydrogens (tertiary/aromatic N) is 3. The molecule has 166 valence electrons. The number of nitrogens with two attached hydrogens (primary N) is 1. The van der Waals surface area contributed by atoms with Crippen molar-refractivity contribution >= 4 is 34.2 Å². The maximum Gasteiger partial charge on any atom is 0.273 e. The fraction of sp³-hybridized carbons (Fsp3) is 0.261.